The maximum Gasteiger partial charge on any atom is 0.340 e. The number of pyridine rings is 1. The normalized spacial score (nSPS) is 13.7. The lowest BCUT2D eigenvalue weighted by Crippen LogP contribution is -2.16. The van der Waals surface area contributed by atoms with Crippen LogP contribution in [-0.2, 0) is 22.4 Å². The van der Waals surface area contributed by atoms with Crippen LogP contribution >= 0.6 is 23.1 Å². The fourth-order valence-electron chi connectivity index (χ4n) is 4.18. The molecule has 0 spiro atoms. The van der Waals surface area contributed by atoms with Crippen LogP contribution in [0.25, 0.3) is 0 Å². The predicted molar refractivity (Wildman–Crippen MR) is 132 cm³/mol. The molecule has 0 aliphatic heterocycles. The van der Waals surface area contributed by atoms with E-state index in [1.54, 1.807) is 24.5 Å². The summed E-state index contributed by atoms with van der Waals surface area (Å²) >= 11 is 2.72. The number of hydrogen-bond acceptors (Lipinski definition) is 8. The molecule has 1 aromatic carbocycles. The van der Waals surface area contributed by atoms with Gasteiger partial charge in [-0.25, -0.2) is 14.8 Å². The largest absolute Gasteiger partial charge is 0.465 e. The number of nitrogens with zero attached hydrogens (tertiary/aromatic N) is 2. The van der Waals surface area contributed by atoms with Gasteiger partial charge in [-0.05, 0) is 43.5 Å². The summed E-state index contributed by atoms with van der Waals surface area (Å²) in [6.07, 6.45) is 7.79. The van der Waals surface area contributed by atoms with Crippen LogP contribution in [0.3, 0.4) is 0 Å². The van der Waals surface area contributed by atoms with Gasteiger partial charge in [0.05, 0.1) is 29.5 Å². The van der Waals surface area contributed by atoms with Crippen molar-refractivity contribution in [3.63, 3.8) is 0 Å². The lowest BCUT2D eigenvalue weighted by atomic mass is 9.90. The molecular weight excluding hydrogens is 468 g/mol. The van der Waals surface area contributed by atoms with E-state index >= 15 is 0 Å². The third kappa shape index (κ3) is 5.80. The zero-order valence-corrected chi connectivity index (χ0v) is 20.8. The van der Waals surface area contributed by atoms with Gasteiger partial charge >= 0.3 is 5.97 Å². The summed E-state index contributed by atoms with van der Waals surface area (Å²) in [7, 11) is 1.33. The van der Waals surface area contributed by atoms with E-state index in [9.17, 15) is 14.4 Å². The second-order valence-electron chi connectivity index (χ2n) is 8.42. The van der Waals surface area contributed by atoms with E-state index in [1.165, 1.54) is 30.2 Å². The van der Waals surface area contributed by atoms with Crippen LogP contribution in [0, 0.1) is 12.8 Å². The van der Waals surface area contributed by atoms with E-state index in [-0.39, 0.29) is 30.3 Å². The Morgan fingerprint density at radius 1 is 1.09 bits per heavy atom. The van der Waals surface area contributed by atoms with Gasteiger partial charge in [0.1, 0.15) is 15.8 Å². The Morgan fingerprint density at radius 3 is 2.65 bits per heavy atom. The standard InChI is InChI=1S/C26H26N2O4S2/c1-16-9-10-18(21(12-16)24(30)17-6-3-4-7-17)13-19(29)14-22-28-15-23(33-22)34-25-20(26(31)32-2)8-5-11-27-25/h5,8-12,15,17H,3-4,6-7,13-14H2,1-2H3. The van der Waals surface area contributed by atoms with Gasteiger partial charge in [-0.2, -0.15) is 0 Å². The molecule has 0 radical (unpaired) electrons. The van der Waals surface area contributed by atoms with Crippen molar-refractivity contribution in [2.24, 2.45) is 5.92 Å². The smallest absolute Gasteiger partial charge is 0.340 e. The van der Waals surface area contributed by atoms with Gasteiger partial charge in [-0.3, -0.25) is 9.59 Å². The van der Waals surface area contributed by atoms with E-state index in [1.807, 2.05) is 25.1 Å². The average molecular weight is 495 g/mol. The van der Waals surface area contributed by atoms with Crippen molar-refractivity contribution in [3.8, 4) is 0 Å². The lowest BCUT2D eigenvalue weighted by Gasteiger charge is -2.13. The van der Waals surface area contributed by atoms with Gasteiger partial charge in [0.15, 0.2) is 5.78 Å². The zero-order valence-electron chi connectivity index (χ0n) is 19.2. The SMILES string of the molecule is COC(=O)c1cccnc1Sc1cnc(CC(=O)Cc2ccc(C)cc2C(=O)C2CCCC2)s1. The molecule has 2 heterocycles. The second kappa shape index (κ2) is 11.1. The number of benzene rings is 1. The molecule has 0 saturated heterocycles. The number of ether oxygens (including phenoxy) is 1. The molecule has 4 rings (SSSR count). The van der Waals surface area contributed by atoms with E-state index in [0.717, 1.165) is 41.0 Å². The van der Waals surface area contributed by atoms with Crippen molar-refractivity contribution in [2.45, 2.75) is 54.7 Å². The van der Waals surface area contributed by atoms with Gasteiger partial charge in [-0.15, -0.1) is 11.3 Å². The molecule has 0 bridgehead atoms. The van der Waals surface area contributed by atoms with Crippen molar-refractivity contribution in [3.05, 3.63) is 70.0 Å². The highest BCUT2D eigenvalue weighted by Gasteiger charge is 2.26. The van der Waals surface area contributed by atoms with Gasteiger partial charge in [-0.1, -0.05) is 42.3 Å². The minimum Gasteiger partial charge on any atom is -0.465 e. The molecule has 2 aromatic heterocycles. The van der Waals surface area contributed by atoms with Gasteiger partial charge in [0.25, 0.3) is 0 Å². The molecule has 0 unspecified atom stereocenters. The molecular formula is C26H26N2O4S2. The van der Waals surface area contributed by atoms with Crippen molar-refractivity contribution < 1.29 is 19.1 Å². The number of hydrogen-bond donors (Lipinski definition) is 0. The highest BCUT2D eigenvalue weighted by atomic mass is 32.2. The number of Topliss-reactive ketones (excluding diaryl/α,β-unsaturated/α-hetero) is 2. The summed E-state index contributed by atoms with van der Waals surface area (Å²) in [6, 6.07) is 9.14. The maximum absolute atomic E-state index is 13.1. The van der Waals surface area contributed by atoms with E-state index in [0.29, 0.717) is 21.2 Å². The van der Waals surface area contributed by atoms with Gasteiger partial charge in [0.2, 0.25) is 0 Å². The Morgan fingerprint density at radius 2 is 1.88 bits per heavy atom. The number of thiazole rings is 1. The fraction of sp³-hybridized carbons (Fsp3) is 0.346. The first-order chi connectivity index (χ1) is 16.4. The van der Waals surface area contributed by atoms with Crippen LogP contribution in [-0.4, -0.2) is 34.6 Å². The van der Waals surface area contributed by atoms with Crippen LogP contribution in [0.2, 0.25) is 0 Å². The molecule has 176 valence electrons. The van der Waals surface area contributed by atoms with Crippen LogP contribution < -0.4 is 0 Å². The number of methoxy groups -OCH3 is 1. The molecule has 1 fully saturated rings. The molecule has 0 N–H and O–H groups in total. The molecule has 0 amide bonds. The first kappa shape index (κ1) is 24.3. The number of aromatic nitrogens is 2. The second-order valence-corrected chi connectivity index (χ2v) is 10.8. The summed E-state index contributed by atoms with van der Waals surface area (Å²) in [5, 5.41) is 1.23. The molecule has 34 heavy (non-hydrogen) atoms. The summed E-state index contributed by atoms with van der Waals surface area (Å²) < 4.78 is 5.65. The first-order valence-electron chi connectivity index (χ1n) is 11.3. The number of rotatable bonds is 9. The number of esters is 1. The van der Waals surface area contributed by atoms with Gasteiger partial charge in [0, 0.05) is 24.1 Å². The molecule has 1 saturated carbocycles. The van der Waals surface area contributed by atoms with Crippen LogP contribution in [0.5, 0.6) is 0 Å². The number of aryl methyl sites for hydroxylation is 1. The van der Waals surface area contributed by atoms with Crippen LogP contribution in [0.15, 0.2) is 52.0 Å². The maximum atomic E-state index is 13.1. The Labute approximate surface area is 207 Å². The third-order valence-electron chi connectivity index (χ3n) is 5.90. The highest BCUT2D eigenvalue weighted by Crippen LogP contribution is 2.34. The van der Waals surface area contributed by atoms with E-state index in [4.69, 9.17) is 4.74 Å². The lowest BCUT2D eigenvalue weighted by molar-refractivity contribution is -0.117. The Kier molecular flexibility index (Phi) is 7.90. The van der Waals surface area contributed by atoms with Crippen molar-refractivity contribution in [1.82, 2.24) is 9.97 Å². The Balaban J connectivity index is 1.43. The summed E-state index contributed by atoms with van der Waals surface area (Å²) in [5.74, 6) is -0.177. The average Bonchev–Trinajstić information content (AvgIpc) is 3.52. The topological polar surface area (TPSA) is 86.2 Å². The molecule has 3 aromatic rings. The summed E-state index contributed by atoms with van der Waals surface area (Å²) in [4.78, 5) is 46.6. The van der Waals surface area contributed by atoms with E-state index in [2.05, 4.69) is 9.97 Å². The molecule has 1 aliphatic carbocycles. The Bertz CT molecular complexity index is 1220. The van der Waals surface area contributed by atoms with Gasteiger partial charge < -0.3 is 4.74 Å². The monoisotopic (exact) mass is 494 g/mol. The highest BCUT2D eigenvalue weighted by molar-refractivity contribution is 8.01. The number of ketones is 2. The minimum atomic E-state index is -0.448. The summed E-state index contributed by atoms with van der Waals surface area (Å²) in [6.45, 7) is 1.97. The quantitative estimate of drug-likeness (QED) is 0.286. The van der Waals surface area contributed by atoms with Crippen molar-refractivity contribution >= 4 is 40.6 Å². The zero-order chi connectivity index (χ0) is 24.1. The molecule has 1 aliphatic rings. The van der Waals surface area contributed by atoms with Crippen molar-refractivity contribution in [2.75, 3.05) is 7.11 Å². The number of carbonyl (C=O) groups is 3. The predicted octanol–water partition coefficient (Wildman–Crippen LogP) is 5.51. The Hall–Kier alpha value is -2.84. The minimum absolute atomic E-state index is 0.0170. The van der Waals surface area contributed by atoms with Crippen LogP contribution in [0.4, 0.5) is 0 Å². The molecule has 0 atom stereocenters. The molecule has 6 nitrogen and oxygen atoms in total. The van der Waals surface area contributed by atoms with Crippen molar-refractivity contribution in [1.29, 1.82) is 0 Å². The first-order valence-corrected chi connectivity index (χ1v) is 12.9. The number of carbonyl (C=O) groups excluding carboxylic acids is 3. The summed E-state index contributed by atoms with van der Waals surface area (Å²) in [5.41, 5.74) is 2.91. The van der Waals surface area contributed by atoms with Crippen LogP contribution in [0.1, 0.15) is 62.5 Å². The molecule has 8 heteroatoms. The third-order valence-corrected chi connectivity index (χ3v) is 8.02. The fourth-order valence-corrected chi connectivity index (χ4v) is 6.22. The van der Waals surface area contributed by atoms with E-state index < -0.39 is 5.97 Å².